The molecule has 0 saturated heterocycles. The fraction of sp³-hybridized carbons (Fsp3) is 0.286. The zero-order valence-electron chi connectivity index (χ0n) is 11.8. The van der Waals surface area contributed by atoms with E-state index in [1.54, 1.807) is 12.1 Å². The highest BCUT2D eigenvalue weighted by molar-refractivity contribution is 6.32. The highest BCUT2D eigenvalue weighted by Crippen LogP contribution is 2.32. The average molecular weight is 310 g/mol. The fourth-order valence-electron chi connectivity index (χ4n) is 1.74. The maximum Gasteiger partial charge on any atom is 0.271 e. The second kappa shape index (κ2) is 6.99. The van der Waals surface area contributed by atoms with Crippen LogP contribution in [0.5, 0.6) is 11.5 Å². The van der Waals surface area contributed by atoms with E-state index in [9.17, 15) is 4.79 Å². The van der Waals surface area contributed by atoms with E-state index in [0.717, 1.165) is 0 Å². The highest BCUT2D eigenvalue weighted by Gasteiger charge is 2.11. The van der Waals surface area contributed by atoms with Crippen molar-refractivity contribution in [2.75, 3.05) is 18.5 Å². The van der Waals surface area contributed by atoms with Gasteiger partial charge in [0.15, 0.2) is 5.82 Å². The Bertz CT molecular complexity index is 673. The van der Waals surface area contributed by atoms with E-state index in [2.05, 4.69) is 15.3 Å². The molecule has 1 heterocycles. The van der Waals surface area contributed by atoms with Crippen LogP contribution in [0.4, 0.5) is 11.5 Å². The van der Waals surface area contributed by atoms with Crippen LogP contribution in [0.3, 0.4) is 0 Å². The van der Waals surface area contributed by atoms with Crippen molar-refractivity contribution in [2.45, 2.75) is 13.8 Å². The van der Waals surface area contributed by atoms with Gasteiger partial charge in [0.05, 0.1) is 25.2 Å². The maximum absolute atomic E-state index is 11.5. The quantitative estimate of drug-likeness (QED) is 0.858. The molecule has 6 nitrogen and oxygen atoms in total. The SMILES string of the molecule is CCOc1ccc(OCC)c(Nc2nc[nH]c(=O)c2Cl)c1. The molecule has 1 aromatic carbocycles. The van der Waals surface area contributed by atoms with Crippen molar-refractivity contribution < 1.29 is 9.47 Å². The van der Waals surface area contributed by atoms with Crippen LogP contribution in [-0.2, 0) is 0 Å². The first-order chi connectivity index (χ1) is 10.2. The minimum absolute atomic E-state index is 0.0123. The summed E-state index contributed by atoms with van der Waals surface area (Å²) in [7, 11) is 0. The highest BCUT2D eigenvalue weighted by atomic mass is 35.5. The van der Waals surface area contributed by atoms with Gasteiger partial charge < -0.3 is 19.8 Å². The van der Waals surface area contributed by atoms with Crippen molar-refractivity contribution in [1.82, 2.24) is 9.97 Å². The zero-order valence-corrected chi connectivity index (χ0v) is 12.5. The molecule has 0 fully saturated rings. The number of ether oxygens (including phenoxy) is 2. The summed E-state index contributed by atoms with van der Waals surface area (Å²) in [6.07, 6.45) is 1.28. The van der Waals surface area contributed by atoms with Gasteiger partial charge >= 0.3 is 0 Å². The second-order valence-electron chi connectivity index (χ2n) is 4.04. The number of nitrogens with one attached hydrogen (secondary N) is 2. The number of hydrogen-bond donors (Lipinski definition) is 2. The predicted molar refractivity (Wildman–Crippen MR) is 81.9 cm³/mol. The molecule has 7 heteroatoms. The number of H-pyrrole nitrogens is 1. The Labute approximate surface area is 127 Å². The van der Waals surface area contributed by atoms with Crippen LogP contribution in [0, 0.1) is 0 Å². The van der Waals surface area contributed by atoms with Crippen LogP contribution in [-0.4, -0.2) is 23.2 Å². The summed E-state index contributed by atoms with van der Waals surface area (Å²) in [6, 6.07) is 5.37. The smallest absolute Gasteiger partial charge is 0.271 e. The molecule has 21 heavy (non-hydrogen) atoms. The van der Waals surface area contributed by atoms with Gasteiger partial charge in [0.25, 0.3) is 5.56 Å². The van der Waals surface area contributed by atoms with Crippen LogP contribution >= 0.6 is 11.6 Å². The molecule has 2 rings (SSSR count). The molecule has 0 saturated carbocycles. The summed E-state index contributed by atoms with van der Waals surface area (Å²) in [5, 5.41) is 2.98. The molecular weight excluding hydrogens is 294 g/mol. The van der Waals surface area contributed by atoms with Crippen molar-refractivity contribution in [1.29, 1.82) is 0 Å². The second-order valence-corrected chi connectivity index (χ2v) is 4.42. The number of rotatable bonds is 6. The summed E-state index contributed by atoms with van der Waals surface area (Å²) < 4.78 is 11.0. The van der Waals surface area contributed by atoms with Gasteiger partial charge in [-0.1, -0.05) is 11.6 Å². The molecule has 0 amide bonds. The lowest BCUT2D eigenvalue weighted by Crippen LogP contribution is -2.10. The largest absolute Gasteiger partial charge is 0.494 e. The summed E-state index contributed by atoms with van der Waals surface area (Å²) in [6.45, 7) is 4.86. The van der Waals surface area contributed by atoms with Crippen LogP contribution in [0.2, 0.25) is 5.02 Å². The Kier molecular flexibility index (Phi) is 5.05. The molecule has 1 aromatic heterocycles. The third-order valence-electron chi connectivity index (χ3n) is 2.61. The van der Waals surface area contributed by atoms with E-state index in [-0.39, 0.29) is 10.8 Å². The molecule has 0 bridgehead atoms. The third-order valence-corrected chi connectivity index (χ3v) is 2.96. The number of benzene rings is 1. The number of halogens is 1. The van der Waals surface area contributed by atoms with Crippen molar-refractivity contribution in [2.24, 2.45) is 0 Å². The van der Waals surface area contributed by atoms with Gasteiger partial charge in [0.2, 0.25) is 0 Å². The van der Waals surface area contributed by atoms with Crippen molar-refractivity contribution >= 4 is 23.1 Å². The molecule has 0 atom stereocenters. The van der Waals surface area contributed by atoms with Crippen molar-refractivity contribution in [3.8, 4) is 11.5 Å². The van der Waals surface area contributed by atoms with Gasteiger partial charge in [-0.05, 0) is 26.0 Å². The Balaban J connectivity index is 2.38. The summed E-state index contributed by atoms with van der Waals surface area (Å²) in [5.74, 6) is 1.57. The van der Waals surface area contributed by atoms with E-state index in [1.807, 2.05) is 19.9 Å². The number of nitrogens with zero attached hydrogens (tertiary/aromatic N) is 1. The molecule has 0 unspecified atom stereocenters. The van der Waals surface area contributed by atoms with Gasteiger partial charge in [0.1, 0.15) is 16.5 Å². The van der Waals surface area contributed by atoms with Gasteiger partial charge in [-0.3, -0.25) is 4.79 Å². The molecule has 0 aliphatic carbocycles. The topological polar surface area (TPSA) is 76.2 Å². The van der Waals surface area contributed by atoms with Gasteiger partial charge in [-0.2, -0.15) is 0 Å². The van der Waals surface area contributed by atoms with Crippen LogP contribution in [0.25, 0.3) is 0 Å². The van der Waals surface area contributed by atoms with Gasteiger partial charge in [-0.15, -0.1) is 0 Å². The molecule has 0 aliphatic heterocycles. The number of anilines is 2. The minimum atomic E-state index is -0.409. The summed E-state index contributed by atoms with van der Waals surface area (Å²) >= 11 is 5.93. The average Bonchev–Trinajstić information content (AvgIpc) is 2.47. The van der Waals surface area contributed by atoms with E-state index in [0.29, 0.717) is 30.4 Å². The van der Waals surface area contributed by atoms with Crippen LogP contribution in [0.1, 0.15) is 13.8 Å². The number of hydrogen-bond acceptors (Lipinski definition) is 5. The predicted octanol–water partition coefficient (Wildman–Crippen LogP) is 2.96. The lowest BCUT2D eigenvalue weighted by molar-refractivity contribution is 0.332. The normalized spacial score (nSPS) is 10.2. The standard InChI is InChI=1S/C14H16ClN3O3/c1-3-20-9-5-6-11(21-4-2)10(7-9)18-13-12(15)14(19)17-8-16-13/h5-8H,3-4H2,1-2H3,(H2,16,17,18,19). The molecule has 0 aliphatic rings. The van der Waals surface area contributed by atoms with E-state index >= 15 is 0 Å². The fourth-order valence-corrected chi connectivity index (χ4v) is 1.89. The Morgan fingerprint density at radius 3 is 2.76 bits per heavy atom. The lowest BCUT2D eigenvalue weighted by Gasteiger charge is -2.14. The van der Waals surface area contributed by atoms with Crippen LogP contribution < -0.4 is 20.3 Å². The third kappa shape index (κ3) is 3.66. The van der Waals surface area contributed by atoms with Gasteiger partial charge in [0, 0.05) is 6.07 Å². The Morgan fingerprint density at radius 2 is 2.05 bits per heavy atom. The van der Waals surface area contributed by atoms with Crippen LogP contribution in [0.15, 0.2) is 29.3 Å². The van der Waals surface area contributed by atoms with E-state index < -0.39 is 5.56 Å². The molecule has 0 spiro atoms. The van der Waals surface area contributed by atoms with Gasteiger partial charge in [-0.25, -0.2) is 4.98 Å². The van der Waals surface area contributed by atoms with E-state index in [4.69, 9.17) is 21.1 Å². The summed E-state index contributed by atoms with van der Waals surface area (Å²) in [4.78, 5) is 17.9. The molecular formula is C14H16ClN3O3. The molecule has 112 valence electrons. The van der Waals surface area contributed by atoms with E-state index in [1.165, 1.54) is 6.33 Å². The number of aromatic amines is 1. The Morgan fingerprint density at radius 1 is 1.29 bits per heavy atom. The maximum atomic E-state index is 11.5. The summed E-state index contributed by atoms with van der Waals surface area (Å²) in [5.41, 5.74) is 0.218. The molecule has 2 N–H and O–H groups in total. The first kappa shape index (κ1) is 15.2. The Hall–Kier alpha value is -2.21. The lowest BCUT2D eigenvalue weighted by atomic mass is 10.2. The zero-order chi connectivity index (χ0) is 15.2. The van der Waals surface area contributed by atoms with Crippen molar-refractivity contribution in [3.63, 3.8) is 0 Å². The minimum Gasteiger partial charge on any atom is -0.494 e. The first-order valence-electron chi connectivity index (χ1n) is 6.55. The van der Waals surface area contributed by atoms with Crippen molar-refractivity contribution in [3.05, 3.63) is 39.9 Å². The molecule has 2 aromatic rings. The first-order valence-corrected chi connectivity index (χ1v) is 6.93. The monoisotopic (exact) mass is 309 g/mol. The molecule has 0 radical (unpaired) electrons. The number of aromatic nitrogens is 2.